The van der Waals surface area contributed by atoms with Gasteiger partial charge in [-0.1, -0.05) is 30.3 Å². The van der Waals surface area contributed by atoms with Crippen molar-refractivity contribution in [2.24, 2.45) is 4.99 Å². The van der Waals surface area contributed by atoms with E-state index in [2.05, 4.69) is 10.3 Å². The summed E-state index contributed by atoms with van der Waals surface area (Å²) >= 11 is 1.19. The molecule has 1 heterocycles. The highest BCUT2D eigenvalue weighted by Gasteiger charge is 2.24. The molecule has 0 atom stereocenters. The minimum atomic E-state index is -0.749. The number of non-ortho nitro benzene ring substituents is 1. The number of nitrogens with one attached hydrogen (secondary N) is 1. The van der Waals surface area contributed by atoms with Crippen molar-refractivity contribution < 1.29 is 19.4 Å². The summed E-state index contributed by atoms with van der Waals surface area (Å²) in [7, 11) is 0. The van der Waals surface area contributed by atoms with E-state index in [4.69, 9.17) is 4.74 Å². The summed E-state index contributed by atoms with van der Waals surface area (Å²) in [6, 6.07) is 18.9. The molecule has 1 aliphatic rings. The van der Waals surface area contributed by atoms with E-state index < -0.39 is 21.2 Å². The van der Waals surface area contributed by atoms with Gasteiger partial charge in [0.15, 0.2) is 5.17 Å². The van der Waals surface area contributed by atoms with Crippen LogP contribution in [0.2, 0.25) is 0 Å². The van der Waals surface area contributed by atoms with E-state index in [9.17, 15) is 25.0 Å². The van der Waals surface area contributed by atoms with Crippen molar-refractivity contribution in [1.29, 1.82) is 0 Å². The van der Waals surface area contributed by atoms with Crippen LogP contribution in [0.5, 0.6) is 11.5 Å². The number of carbonyl (C=O) groups excluding carboxylic acids is 1. The number of nitrogens with zero attached hydrogens (tertiary/aromatic N) is 3. The summed E-state index contributed by atoms with van der Waals surface area (Å²) in [6.45, 7) is 0. The van der Waals surface area contributed by atoms with E-state index in [1.54, 1.807) is 30.3 Å². The van der Waals surface area contributed by atoms with Crippen molar-refractivity contribution in [3.63, 3.8) is 0 Å². The summed E-state index contributed by atoms with van der Waals surface area (Å²) in [5.41, 5.74) is 0.391. The molecule has 3 aromatic rings. The minimum absolute atomic E-state index is 0.138. The molecule has 0 radical (unpaired) electrons. The lowest BCUT2D eigenvalue weighted by atomic mass is 10.2. The fraction of sp³-hybridized carbons (Fsp3) is 0. The predicted octanol–water partition coefficient (Wildman–Crippen LogP) is 5.19. The molecule has 1 amide bonds. The van der Waals surface area contributed by atoms with Gasteiger partial charge in [0.05, 0.1) is 26.5 Å². The Hall–Kier alpha value is -4.51. The largest absolute Gasteiger partial charge is 0.450 e. The topological polar surface area (TPSA) is 137 Å². The van der Waals surface area contributed by atoms with Gasteiger partial charge in [0, 0.05) is 6.07 Å². The number of ether oxygens (including phenoxy) is 1. The highest BCUT2D eigenvalue weighted by Crippen LogP contribution is 2.35. The third-order valence-electron chi connectivity index (χ3n) is 4.37. The van der Waals surface area contributed by atoms with Crippen molar-refractivity contribution in [3.05, 3.63) is 103 Å². The van der Waals surface area contributed by atoms with Gasteiger partial charge in [-0.2, -0.15) is 0 Å². The molecule has 0 saturated carbocycles. The van der Waals surface area contributed by atoms with Gasteiger partial charge in [-0.15, -0.1) is 0 Å². The van der Waals surface area contributed by atoms with Crippen molar-refractivity contribution in [2.75, 3.05) is 0 Å². The standard InChI is InChI=1S/C22H14N4O6S/c27-21-20(33-22(24-21)23-15-6-2-1-3-7-15)12-14-5-4-8-17(11-14)32-19-10-9-16(25(28)29)13-18(19)26(30)31/h1-13H,(H,23,24,27)/b20-12+. The number of hydrogen-bond acceptors (Lipinski definition) is 8. The lowest BCUT2D eigenvalue weighted by Gasteiger charge is -2.07. The SMILES string of the molecule is O=C1NC(=Nc2ccccc2)S/C1=C/c1cccc(Oc2ccc([N+](=O)[O-])cc2[N+](=O)[O-])c1. The number of rotatable bonds is 6. The van der Waals surface area contributed by atoms with E-state index in [1.165, 1.54) is 17.8 Å². The van der Waals surface area contributed by atoms with Crippen LogP contribution in [0.25, 0.3) is 6.08 Å². The summed E-state index contributed by atoms with van der Waals surface area (Å²) < 4.78 is 5.61. The average Bonchev–Trinajstić information content (AvgIpc) is 3.13. The zero-order valence-corrected chi connectivity index (χ0v) is 17.5. The molecular weight excluding hydrogens is 448 g/mol. The zero-order valence-electron chi connectivity index (χ0n) is 16.7. The smallest absolute Gasteiger partial charge is 0.318 e. The van der Waals surface area contributed by atoms with Gasteiger partial charge in [-0.25, -0.2) is 4.99 Å². The number of carbonyl (C=O) groups is 1. The number of nitro benzene ring substituents is 2. The molecule has 3 aromatic carbocycles. The maximum Gasteiger partial charge on any atom is 0.318 e. The lowest BCUT2D eigenvalue weighted by molar-refractivity contribution is -0.394. The second-order valence-corrected chi connectivity index (χ2v) is 7.69. The Kier molecular flexibility index (Phi) is 6.13. The number of para-hydroxylation sites is 1. The molecule has 4 rings (SSSR count). The second-order valence-electron chi connectivity index (χ2n) is 6.66. The highest BCUT2D eigenvalue weighted by molar-refractivity contribution is 8.18. The number of aliphatic imine (C=N–C) groups is 1. The van der Waals surface area contributed by atoms with Crippen LogP contribution in [0.15, 0.2) is 82.7 Å². The van der Waals surface area contributed by atoms with Crippen molar-refractivity contribution in [1.82, 2.24) is 5.32 Å². The van der Waals surface area contributed by atoms with E-state index in [1.807, 2.05) is 30.3 Å². The van der Waals surface area contributed by atoms with Crippen LogP contribution in [0, 0.1) is 20.2 Å². The number of amides is 1. The summed E-state index contributed by atoms with van der Waals surface area (Å²) in [5.74, 6) is -0.171. The highest BCUT2D eigenvalue weighted by atomic mass is 32.2. The molecule has 164 valence electrons. The second kappa shape index (κ2) is 9.32. The number of hydrogen-bond donors (Lipinski definition) is 1. The van der Waals surface area contributed by atoms with Crippen LogP contribution in [-0.4, -0.2) is 20.9 Å². The van der Waals surface area contributed by atoms with Crippen LogP contribution >= 0.6 is 11.8 Å². The Balaban J connectivity index is 1.56. The first kappa shape index (κ1) is 21.7. The van der Waals surface area contributed by atoms with E-state index >= 15 is 0 Å². The maximum atomic E-state index is 12.3. The first-order valence-corrected chi connectivity index (χ1v) is 10.3. The van der Waals surface area contributed by atoms with Gasteiger partial charge in [0.1, 0.15) is 5.75 Å². The molecular formula is C22H14N4O6S. The van der Waals surface area contributed by atoms with E-state index in [0.29, 0.717) is 21.3 Å². The van der Waals surface area contributed by atoms with Crippen LogP contribution < -0.4 is 10.1 Å². The fourth-order valence-electron chi connectivity index (χ4n) is 2.89. The molecule has 10 nitrogen and oxygen atoms in total. The van der Waals surface area contributed by atoms with E-state index in [0.717, 1.165) is 12.1 Å². The van der Waals surface area contributed by atoms with Crippen LogP contribution in [0.3, 0.4) is 0 Å². The average molecular weight is 462 g/mol. The molecule has 1 saturated heterocycles. The van der Waals surface area contributed by atoms with Gasteiger partial charge in [0.25, 0.3) is 11.6 Å². The first-order valence-electron chi connectivity index (χ1n) is 9.44. The van der Waals surface area contributed by atoms with Gasteiger partial charge in [0.2, 0.25) is 5.75 Å². The third kappa shape index (κ3) is 5.22. The number of thioether (sulfide) groups is 1. The molecule has 0 spiro atoms. The normalized spacial score (nSPS) is 15.5. The fourth-order valence-corrected chi connectivity index (χ4v) is 3.74. The molecule has 11 heteroatoms. The molecule has 0 unspecified atom stereocenters. The number of nitro groups is 2. The van der Waals surface area contributed by atoms with Crippen molar-refractivity contribution in [2.45, 2.75) is 0 Å². The zero-order chi connectivity index (χ0) is 23.4. The molecule has 0 aliphatic carbocycles. The Bertz CT molecular complexity index is 1320. The Labute approximate surface area is 190 Å². The Morgan fingerprint density at radius 1 is 0.939 bits per heavy atom. The van der Waals surface area contributed by atoms with E-state index in [-0.39, 0.29) is 17.4 Å². The van der Waals surface area contributed by atoms with Gasteiger partial charge >= 0.3 is 5.69 Å². The number of benzene rings is 3. The van der Waals surface area contributed by atoms with Crippen molar-refractivity contribution >= 4 is 46.0 Å². The lowest BCUT2D eigenvalue weighted by Crippen LogP contribution is -2.19. The van der Waals surface area contributed by atoms with Crippen molar-refractivity contribution in [3.8, 4) is 11.5 Å². The summed E-state index contributed by atoms with van der Waals surface area (Å²) in [5, 5.41) is 25.4. The maximum absolute atomic E-state index is 12.3. The molecule has 1 aliphatic heterocycles. The molecule has 1 fully saturated rings. The summed E-state index contributed by atoms with van der Waals surface area (Å²) in [4.78, 5) is 37.9. The number of amidine groups is 1. The molecule has 1 N–H and O–H groups in total. The van der Waals surface area contributed by atoms with Gasteiger partial charge in [-0.3, -0.25) is 25.0 Å². The molecule has 0 bridgehead atoms. The van der Waals surface area contributed by atoms with Gasteiger partial charge < -0.3 is 10.1 Å². The third-order valence-corrected chi connectivity index (χ3v) is 5.28. The Morgan fingerprint density at radius 2 is 1.73 bits per heavy atom. The summed E-state index contributed by atoms with van der Waals surface area (Å²) in [6.07, 6.45) is 1.64. The molecule has 0 aromatic heterocycles. The minimum Gasteiger partial charge on any atom is -0.450 e. The predicted molar refractivity (Wildman–Crippen MR) is 124 cm³/mol. The molecule has 33 heavy (non-hydrogen) atoms. The quantitative estimate of drug-likeness (QED) is 0.302. The van der Waals surface area contributed by atoms with Crippen LogP contribution in [0.1, 0.15) is 5.56 Å². The monoisotopic (exact) mass is 462 g/mol. The first-order chi connectivity index (χ1) is 15.9. The van der Waals surface area contributed by atoms with Gasteiger partial charge in [-0.05, 0) is 53.7 Å². The van der Waals surface area contributed by atoms with Crippen LogP contribution in [-0.2, 0) is 4.79 Å². The van der Waals surface area contributed by atoms with Crippen LogP contribution in [0.4, 0.5) is 17.1 Å². The Morgan fingerprint density at radius 3 is 2.45 bits per heavy atom.